The van der Waals surface area contributed by atoms with Crippen LogP contribution in [0, 0.1) is 13.8 Å². The van der Waals surface area contributed by atoms with Crippen LogP contribution in [-0.2, 0) is 0 Å². The highest BCUT2D eigenvalue weighted by molar-refractivity contribution is 6.16. The molecular formula is C18H15NO. The van der Waals surface area contributed by atoms with Crippen LogP contribution < -0.4 is 0 Å². The third kappa shape index (κ3) is 2.21. The zero-order valence-electron chi connectivity index (χ0n) is 11.6. The number of benzene rings is 2. The maximum absolute atomic E-state index is 12.7. The SMILES string of the molecule is Cc1cc(C(=O)c2cccc3ccccc23)cc(C)n1. The molecule has 0 fully saturated rings. The van der Waals surface area contributed by atoms with Crippen molar-refractivity contribution in [3.63, 3.8) is 0 Å². The maximum Gasteiger partial charge on any atom is 0.193 e. The number of rotatable bonds is 2. The van der Waals surface area contributed by atoms with Gasteiger partial charge >= 0.3 is 0 Å². The second kappa shape index (κ2) is 4.89. The first kappa shape index (κ1) is 12.5. The first-order valence-corrected chi connectivity index (χ1v) is 6.63. The van der Waals surface area contributed by atoms with Crippen molar-refractivity contribution in [3.05, 3.63) is 77.1 Å². The number of nitrogens with zero attached hydrogens (tertiary/aromatic N) is 1. The molecule has 1 aromatic heterocycles. The van der Waals surface area contributed by atoms with Crippen LogP contribution in [0.15, 0.2) is 54.6 Å². The summed E-state index contributed by atoms with van der Waals surface area (Å²) in [4.78, 5) is 17.1. The van der Waals surface area contributed by atoms with Gasteiger partial charge in [0.1, 0.15) is 0 Å². The molecule has 3 aromatic rings. The fourth-order valence-electron chi connectivity index (χ4n) is 2.54. The molecule has 2 nitrogen and oxygen atoms in total. The van der Waals surface area contributed by atoms with Crippen LogP contribution in [0.1, 0.15) is 27.3 Å². The molecule has 1 heterocycles. The van der Waals surface area contributed by atoms with Gasteiger partial charge in [0.2, 0.25) is 0 Å². The van der Waals surface area contributed by atoms with Crippen LogP contribution in [0.5, 0.6) is 0 Å². The molecule has 2 aromatic carbocycles. The second-order valence-corrected chi connectivity index (χ2v) is 4.99. The minimum absolute atomic E-state index is 0.0513. The molecule has 0 aliphatic rings. The smallest absolute Gasteiger partial charge is 0.193 e. The minimum atomic E-state index is 0.0513. The van der Waals surface area contributed by atoms with Crippen LogP contribution in [0.3, 0.4) is 0 Å². The van der Waals surface area contributed by atoms with Crippen molar-refractivity contribution in [2.45, 2.75) is 13.8 Å². The van der Waals surface area contributed by atoms with Gasteiger partial charge in [-0.3, -0.25) is 9.78 Å². The van der Waals surface area contributed by atoms with Crippen LogP contribution >= 0.6 is 0 Å². The van der Waals surface area contributed by atoms with Crippen molar-refractivity contribution in [3.8, 4) is 0 Å². The molecule has 0 spiro atoms. The molecule has 2 heteroatoms. The van der Waals surface area contributed by atoms with Gasteiger partial charge in [-0.05, 0) is 36.8 Å². The molecule has 0 bridgehead atoms. The van der Waals surface area contributed by atoms with Crippen molar-refractivity contribution < 1.29 is 4.79 Å². The summed E-state index contributed by atoms with van der Waals surface area (Å²) in [5, 5.41) is 2.08. The summed E-state index contributed by atoms with van der Waals surface area (Å²) in [5.74, 6) is 0.0513. The third-order valence-corrected chi connectivity index (χ3v) is 3.38. The van der Waals surface area contributed by atoms with Crippen LogP contribution in [0.4, 0.5) is 0 Å². The molecular weight excluding hydrogens is 246 g/mol. The average Bonchev–Trinajstić information content (AvgIpc) is 2.45. The fraction of sp³-hybridized carbons (Fsp3) is 0.111. The number of hydrogen-bond acceptors (Lipinski definition) is 2. The molecule has 0 N–H and O–H groups in total. The van der Waals surface area contributed by atoms with Gasteiger partial charge in [-0.25, -0.2) is 0 Å². The number of hydrogen-bond donors (Lipinski definition) is 0. The first-order valence-electron chi connectivity index (χ1n) is 6.63. The summed E-state index contributed by atoms with van der Waals surface area (Å²) in [6.07, 6.45) is 0. The summed E-state index contributed by atoms with van der Waals surface area (Å²) >= 11 is 0. The molecule has 0 saturated carbocycles. The molecule has 0 aliphatic carbocycles. The summed E-state index contributed by atoms with van der Waals surface area (Å²) in [6, 6.07) is 17.5. The van der Waals surface area contributed by atoms with Gasteiger partial charge in [-0.15, -0.1) is 0 Å². The highest BCUT2D eigenvalue weighted by Crippen LogP contribution is 2.21. The highest BCUT2D eigenvalue weighted by atomic mass is 16.1. The Labute approximate surface area is 118 Å². The Morgan fingerprint density at radius 2 is 1.55 bits per heavy atom. The van der Waals surface area contributed by atoms with E-state index in [1.165, 1.54) is 0 Å². The largest absolute Gasteiger partial charge is 0.289 e. The van der Waals surface area contributed by atoms with Gasteiger partial charge in [-0.1, -0.05) is 42.5 Å². The molecule has 0 aliphatic heterocycles. The Morgan fingerprint density at radius 3 is 2.30 bits per heavy atom. The number of carbonyl (C=O) groups excluding carboxylic acids is 1. The van der Waals surface area contributed by atoms with Crippen molar-refractivity contribution >= 4 is 16.6 Å². The molecule has 0 unspecified atom stereocenters. The fourth-order valence-corrected chi connectivity index (χ4v) is 2.54. The summed E-state index contributed by atoms with van der Waals surface area (Å²) in [5.41, 5.74) is 3.18. The zero-order valence-corrected chi connectivity index (χ0v) is 11.6. The lowest BCUT2D eigenvalue weighted by molar-refractivity contribution is 0.104. The van der Waals surface area contributed by atoms with E-state index in [-0.39, 0.29) is 5.78 Å². The minimum Gasteiger partial charge on any atom is -0.289 e. The van der Waals surface area contributed by atoms with Gasteiger partial charge in [0, 0.05) is 22.5 Å². The van der Waals surface area contributed by atoms with Gasteiger partial charge in [-0.2, -0.15) is 0 Å². The van der Waals surface area contributed by atoms with E-state index in [0.717, 1.165) is 27.7 Å². The highest BCUT2D eigenvalue weighted by Gasteiger charge is 2.13. The summed E-state index contributed by atoms with van der Waals surface area (Å²) < 4.78 is 0. The van der Waals surface area contributed by atoms with E-state index < -0.39 is 0 Å². The lowest BCUT2D eigenvalue weighted by Gasteiger charge is -2.07. The number of carbonyl (C=O) groups is 1. The van der Waals surface area contributed by atoms with Crippen molar-refractivity contribution in [1.29, 1.82) is 0 Å². The molecule has 98 valence electrons. The average molecular weight is 261 g/mol. The molecule has 0 radical (unpaired) electrons. The van der Waals surface area contributed by atoms with Gasteiger partial charge in [0.15, 0.2) is 5.78 Å². The number of aryl methyl sites for hydroxylation is 2. The zero-order chi connectivity index (χ0) is 14.1. The van der Waals surface area contributed by atoms with E-state index in [1.807, 2.05) is 68.4 Å². The van der Waals surface area contributed by atoms with Gasteiger partial charge in [0.25, 0.3) is 0 Å². The quantitative estimate of drug-likeness (QED) is 0.650. The number of pyridine rings is 1. The first-order chi connectivity index (χ1) is 9.65. The number of ketones is 1. The van der Waals surface area contributed by atoms with Crippen LogP contribution in [-0.4, -0.2) is 10.8 Å². The maximum atomic E-state index is 12.7. The standard InChI is InChI=1S/C18H15NO/c1-12-10-15(11-13(2)19-12)18(20)17-9-5-7-14-6-3-4-8-16(14)17/h3-11H,1-2H3. The van der Waals surface area contributed by atoms with E-state index in [0.29, 0.717) is 5.56 Å². The van der Waals surface area contributed by atoms with Crippen molar-refractivity contribution in [2.24, 2.45) is 0 Å². The van der Waals surface area contributed by atoms with Crippen LogP contribution in [0.25, 0.3) is 10.8 Å². The molecule has 0 amide bonds. The van der Waals surface area contributed by atoms with E-state index in [2.05, 4.69) is 4.98 Å². The van der Waals surface area contributed by atoms with E-state index in [9.17, 15) is 4.79 Å². The third-order valence-electron chi connectivity index (χ3n) is 3.38. The Morgan fingerprint density at radius 1 is 0.900 bits per heavy atom. The van der Waals surface area contributed by atoms with Gasteiger partial charge < -0.3 is 0 Å². The summed E-state index contributed by atoms with van der Waals surface area (Å²) in [6.45, 7) is 3.82. The van der Waals surface area contributed by atoms with E-state index in [4.69, 9.17) is 0 Å². The predicted molar refractivity (Wildman–Crippen MR) is 81.1 cm³/mol. The topological polar surface area (TPSA) is 30.0 Å². The lowest BCUT2D eigenvalue weighted by Crippen LogP contribution is -2.04. The van der Waals surface area contributed by atoms with E-state index >= 15 is 0 Å². The monoisotopic (exact) mass is 261 g/mol. The van der Waals surface area contributed by atoms with Crippen molar-refractivity contribution in [2.75, 3.05) is 0 Å². The van der Waals surface area contributed by atoms with Crippen molar-refractivity contribution in [1.82, 2.24) is 4.98 Å². The Kier molecular flexibility index (Phi) is 3.07. The molecule has 20 heavy (non-hydrogen) atoms. The summed E-state index contributed by atoms with van der Waals surface area (Å²) in [7, 11) is 0. The number of aromatic nitrogens is 1. The Hall–Kier alpha value is -2.48. The molecule has 3 rings (SSSR count). The second-order valence-electron chi connectivity index (χ2n) is 4.99. The molecule has 0 atom stereocenters. The lowest BCUT2D eigenvalue weighted by atomic mass is 9.97. The number of fused-ring (bicyclic) bond motifs is 1. The van der Waals surface area contributed by atoms with Crippen LogP contribution in [0.2, 0.25) is 0 Å². The Bertz CT molecular complexity index is 780. The Balaban J connectivity index is 2.17. The van der Waals surface area contributed by atoms with E-state index in [1.54, 1.807) is 0 Å². The predicted octanol–water partition coefficient (Wildman–Crippen LogP) is 4.08. The van der Waals surface area contributed by atoms with Gasteiger partial charge in [0.05, 0.1) is 0 Å². The molecule has 0 saturated heterocycles. The normalized spacial score (nSPS) is 10.7.